The molecule has 0 aromatic heterocycles. The predicted octanol–water partition coefficient (Wildman–Crippen LogP) is 4.46. The smallest absolute Gasteiger partial charge is 0.413 e. The van der Waals surface area contributed by atoms with Gasteiger partial charge >= 0.3 is 12.1 Å². The molecular weight excluding hydrogens is 353 g/mol. The number of allylic oxidation sites excluding steroid dienone is 1. The SMILES string of the molecule is CCOC(=O)/C=C(/C)N(C(=O)OC)C(C)Cc1c(Cl)cccc1Cl. The number of rotatable bonds is 6. The van der Waals surface area contributed by atoms with E-state index in [1.54, 1.807) is 32.0 Å². The molecule has 0 aliphatic heterocycles. The summed E-state index contributed by atoms with van der Waals surface area (Å²) in [7, 11) is 1.28. The maximum absolute atomic E-state index is 12.1. The summed E-state index contributed by atoms with van der Waals surface area (Å²) in [4.78, 5) is 25.1. The lowest BCUT2D eigenvalue weighted by Gasteiger charge is -2.29. The molecule has 0 saturated carbocycles. The summed E-state index contributed by atoms with van der Waals surface area (Å²) in [5.74, 6) is -0.521. The molecular formula is C17H21Cl2NO4. The zero-order chi connectivity index (χ0) is 18.3. The summed E-state index contributed by atoms with van der Waals surface area (Å²) in [6.07, 6.45) is 1.08. The molecule has 1 atom stereocenters. The highest BCUT2D eigenvalue weighted by Gasteiger charge is 2.25. The van der Waals surface area contributed by atoms with Crippen molar-refractivity contribution in [1.29, 1.82) is 0 Å². The van der Waals surface area contributed by atoms with Gasteiger partial charge in [0.15, 0.2) is 0 Å². The third-order valence-electron chi connectivity index (χ3n) is 3.37. The minimum absolute atomic E-state index is 0.256. The van der Waals surface area contributed by atoms with Crippen LogP contribution >= 0.6 is 23.2 Å². The van der Waals surface area contributed by atoms with E-state index in [-0.39, 0.29) is 12.6 Å². The van der Waals surface area contributed by atoms with Gasteiger partial charge in [-0.05, 0) is 44.9 Å². The summed E-state index contributed by atoms with van der Waals surface area (Å²) >= 11 is 12.4. The Morgan fingerprint density at radius 1 is 1.29 bits per heavy atom. The van der Waals surface area contributed by atoms with E-state index in [2.05, 4.69) is 0 Å². The average molecular weight is 374 g/mol. The van der Waals surface area contributed by atoms with Crippen molar-refractivity contribution >= 4 is 35.3 Å². The number of esters is 1. The molecule has 0 radical (unpaired) electrons. The lowest BCUT2D eigenvalue weighted by molar-refractivity contribution is -0.137. The Morgan fingerprint density at radius 3 is 2.38 bits per heavy atom. The van der Waals surface area contributed by atoms with Crippen LogP contribution in [0.5, 0.6) is 0 Å². The molecule has 1 rings (SSSR count). The van der Waals surface area contributed by atoms with Gasteiger partial charge in [-0.15, -0.1) is 0 Å². The Kier molecular flexibility index (Phi) is 8.08. The van der Waals surface area contributed by atoms with Crippen molar-refractivity contribution in [1.82, 2.24) is 4.90 Å². The van der Waals surface area contributed by atoms with Crippen LogP contribution in [-0.4, -0.2) is 36.7 Å². The van der Waals surface area contributed by atoms with Gasteiger partial charge in [-0.1, -0.05) is 29.3 Å². The summed E-state index contributed by atoms with van der Waals surface area (Å²) in [5.41, 5.74) is 1.14. The first kappa shape index (κ1) is 20.3. The summed E-state index contributed by atoms with van der Waals surface area (Å²) in [6.45, 7) is 5.42. The highest BCUT2D eigenvalue weighted by atomic mass is 35.5. The normalized spacial score (nSPS) is 12.5. The van der Waals surface area contributed by atoms with Gasteiger partial charge in [0.1, 0.15) is 0 Å². The van der Waals surface area contributed by atoms with Crippen molar-refractivity contribution in [3.05, 3.63) is 45.6 Å². The zero-order valence-electron chi connectivity index (χ0n) is 14.1. The van der Waals surface area contributed by atoms with Crippen LogP contribution in [0.1, 0.15) is 26.3 Å². The van der Waals surface area contributed by atoms with E-state index < -0.39 is 12.1 Å². The number of carbonyl (C=O) groups is 2. The molecule has 0 aliphatic carbocycles. The number of hydrogen-bond acceptors (Lipinski definition) is 4. The number of benzene rings is 1. The number of nitrogens with zero attached hydrogens (tertiary/aromatic N) is 1. The van der Waals surface area contributed by atoms with E-state index in [0.717, 1.165) is 5.56 Å². The van der Waals surface area contributed by atoms with E-state index in [0.29, 0.717) is 22.2 Å². The first-order chi connectivity index (χ1) is 11.3. The van der Waals surface area contributed by atoms with Crippen LogP contribution in [0.15, 0.2) is 30.0 Å². The second-order valence-corrected chi connectivity index (χ2v) is 5.95. The molecule has 0 bridgehead atoms. The maximum Gasteiger partial charge on any atom is 0.413 e. The van der Waals surface area contributed by atoms with Gasteiger partial charge in [0.05, 0.1) is 13.7 Å². The third-order valence-corrected chi connectivity index (χ3v) is 4.07. The number of halogens is 2. The van der Waals surface area contributed by atoms with E-state index in [9.17, 15) is 9.59 Å². The second kappa shape index (κ2) is 9.55. The Bertz CT molecular complexity index is 611. The van der Waals surface area contributed by atoms with Gasteiger partial charge in [0.2, 0.25) is 0 Å². The van der Waals surface area contributed by atoms with Crippen LogP contribution in [0.4, 0.5) is 4.79 Å². The van der Waals surface area contributed by atoms with Crippen LogP contribution < -0.4 is 0 Å². The molecule has 5 nitrogen and oxygen atoms in total. The molecule has 1 aromatic rings. The van der Waals surface area contributed by atoms with E-state index in [1.807, 2.05) is 6.92 Å². The van der Waals surface area contributed by atoms with Gasteiger partial charge in [0.25, 0.3) is 0 Å². The van der Waals surface area contributed by atoms with Crippen LogP contribution in [0.3, 0.4) is 0 Å². The van der Waals surface area contributed by atoms with Crippen LogP contribution in [0.25, 0.3) is 0 Å². The highest BCUT2D eigenvalue weighted by Crippen LogP contribution is 2.27. The Hall–Kier alpha value is -1.72. The molecule has 7 heteroatoms. The van der Waals surface area contributed by atoms with Crippen molar-refractivity contribution in [3.8, 4) is 0 Å². The molecule has 132 valence electrons. The molecule has 1 unspecified atom stereocenters. The summed E-state index contributed by atoms with van der Waals surface area (Å²) < 4.78 is 9.70. The van der Waals surface area contributed by atoms with Gasteiger partial charge in [-0.25, -0.2) is 9.59 Å². The van der Waals surface area contributed by atoms with E-state index in [1.165, 1.54) is 18.1 Å². The fourth-order valence-corrected chi connectivity index (χ4v) is 2.86. The maximum atomic E-state index is 12.1. The monoisotopic (exact) mass is 373 g/mol. The third kappa shape index (κ3) is 5.42. The van der Waals surface area contributed by atoms with Crippen LogP contribution in [-0.2, 0) is 20.7 Å². The summed E-state index contributed by atoms with van der Waals surface area (Å²) in [5, 5.41) is 1.04. The number of amides is 1. The largest absolute Gasteiger partial charge is 0.463 e. The van der Waals surface area contributed by atoms with Crippen molar-refractivity contribution in [2.75, 3.05) is 13.7 Å². The standard InChI is InChI=1S/C17H21Cl2NO4/c1-5-24-16(21)10-12(3)20(17(22)23-4)11(2)9-13-14(18)7-6-8-15(13)19/h6-8,10-11H,5,9H2,1-4H3/b12-10-. The molecule has 0 N–H and O–H groups in total. The van der Waals surface area contributed by atoms with Gasteiger partial charge < -0.3 is 9.47 Å². The Morgan fingerprint density at radius 2 is 1.88 bits per heavy atom. The molecule has 0 saturated heterocycles. The summed E-state index contributed by atoms with van der Waals surface area (Å²) in [6, 6.07) is 4.89. The fourth-order valence-electron chi connectivity index (χ4n) is 2.31. The Balaban J connectivity index is 3.08. The minimum atomic E-state index is -0.580. The fraction of sp³-hybridized carbons (Fsp3) is 0.412. The first-order valence-electron chi connectivity index (χ1n) is 7.46. The molecule has 1 amide bonds. The van der Waals surface area contributed by atoms with Crippen molar-refractivity contribution < 1.29 is 19.1 Å². The van der Waals surface area contributed by atoms with E-state index in [4.69, 9.17) is 32.7 Å². The average Bonchev–Trinajstić information content (AvgIpc) is 2.51. The molecule has 0 heterocycles. The van der Waals surface area contributed by atoms with Crippen molar-refractivity contribution in [2.24, 2.45) is 0 Å². The van der Waals surface area contributed by atoms with Gasteiger partial charge in [-0.2, -0.15) is 0 Å². The number of hydrogen-bond donors (Lipinski definition) is 0. The molecule has 0 fully saturated rings. The number of carbonyl (C=O) groups excluding carboxylic acids is 2. The first-order valence-corrected chi connectivity index (χ1v) is 8.22. The van der Waals surface area contributed by atoms with Crippen LogP contribution in [0, 0.1) is 0 Å². The topological polar surface area (TPSA) is 55.8 Å². The van der Waals surface area contributed by atoms with Crippen molar-refractivity contribution in [2.45, 2.75) is 33.2 Å². The quantitative estimate of drug-likeness (QED) is 0.545. The minimum Gasteiger partial charge on any atom is -0.463 e. The zero-order valence-corrected chi connectivity index (χ0v) is 15.6. The number of ether oxygens (including phenoxy) is 2. The molecule has 0 aliphatic rings. The van der Waals surface area contributed by atoms with Crippen molar-refractivity contribution in [3.63, 3.8) is 0 Å². The lowest BCUT2D eigenvalue weighted by Crippen LogP contribution is -2.38. The molecule has 1 aromatic carbocycles. The van der Waals surface area contributed by atoms with E-state index >= 15 is 0 Å². The number of methoxy groups -OCH3 is 1. The van der Waals surface area contributed by atoms with Crippen LogP contribution in [0.2, 0.25) is 10.0 Å². The molecule has 24 heavy (non-hydrogen) atoms. The van der Waals surface area contributed by atoms with Gasteiger partial charge in [-0.3, -0.25) is 4.90 Å². The highest BCUT2D eigenvalue weighted by molar-refractivity contribution is 6.36. The molecule has 0 spiro atoms. The second-order valence-electron chi connectivity index (χ2n) is 5.13. The Labute approximate surface area is 152 Å². The van der Waals surface area contributed by atoms with Gasteiger partial charge in [0, 0.05) is 27.9 Å². The predicted molar refractivity (Wildman–Crippen MR) is 94.3 cm³/mol. The lowest BCUT2D eigenvalue weighted by atomic mass is 10.1.